The highest BCUT2D eigenvalue weighted by Gasteiger charge is 2.09. The lowest BCUT2D eigenvalue weighted by Gasteiger charge is -2.06. The molecule has 0 saturated carbocycles. The summed E-state index contributed by atoms with van der Waals surface area (Å²) in [5.41, 5.74) is 2.54. The smallest absolute Gasteiger partial charge is 0.0355 e. The topological polar surface area (TPSA) is 0 Å². The van der Waals surface area contributed by atoms with Crippen molar-refractivity contribution >= 4 is 54.0 Å². The second-order valence-corrected chi connectivity index (χ2v) is 8.17. The summed E-state index contributed by atoms with van der Waals surface area (Å²) in [5, 5.41) is 2.54. The van der Waals surface area contributed by atoms with E-state index in [2.05, 4.69) is 105 Å². The van der Waals surface area contributed by atoms with Gasteiger partial charge in [0.1, 0.15) is 0 Å². The van der Waals surface area contributed by atoms with Crippen molar-refractivity contribution in [3.05, 3.63) is 81.7 Å². The van der Waals surface area contributed by atoms with E-state index in [9.17, 15) is 0 Å². The first-order chi connectivity index (χ1) is 11.2. The first kappa shape index (κ1) is 15.1. The molecule has 4 aromatic rings. The average Bonchev–Trinajstić information content (AvgIpc) is 3.06. The summed E-state index contributed by atoms with van der Waals surface area (Å²) < 4.78 is 2.25. The zero-order chi connectivity index (χ0) is 15.8. The summed E-state index contributed by atoms with van der Waals surface area (Å²) in [6.45, 7) is 0. The van der Waals surface area contributed by atoms with Crippen molar-refractivity contribution in [2.24, 2.45) is 0 Å². The quantitative estimate of drug-likeness (QED) is 0.297. The minimum atomic E-state index is 1.11. The van der Waals surface area contributed by atoms with E-state index in [0.717, 1.165) is 8.95 Å². The molecule has 0 bridgehead atoms. The van der Waals surface area contributed by atoms with Gasteiger partial charge in [0.2, 0.25) is 0 Å². The van der Waals surface area contributed by atoms with Gasteiger partial charge in [0, 0.05) is 18.7 Å². The van der Waals surface area contributed by atoms with Crippen molar-refractivity contribution in [1.29, 1.82) is 0 Å². The lowest BCUT2D eigenvalue weighted by atomic mass is 10.0. The van der Waals surface area contributed by atoms with Gasteiger partial charge in [-0.15, -0.1) is 11.3 Å². The molecule has 4 rings (SSSR count). The maximum atomic E-state index is 3.65. The van der Waals surface area contributed by atoms with Crippen LogP contribution in [0, 0.1) is 0 Å². The summed E-state index contributed by atoms with van der Waals surface area (Å²) >= 11 is 8.98. The third-order valence-electron chi connectivity index (χ3n) is 3.87. The van der Waals surface area contributed by atoms with Gasteiger partial charge in [-0.05, 0) is 52.2 Å². The summed E-state index contributed by atoms with van der Waals surface area (Å²) in [6.07, 6.45) is 0. The fourth-order valence-corrected chi connectivity index (χ4v) is 4.52. The predicted octanol–water partition coefficient (Wildman–Crippen LogP) is 7.76. The van der Waals surface area contributed by atoms with Crippen LogP contribution in [-0.4, -0.2) is 0 Å². The normalized spacial score (nSPS) is 11.0. The summed E-state index contributed by atoms with van der Waals surface area (Å²) in [5.74, 6) is 0. The largest absolute Gasteiger partial charge is 0.135 e. The molecule has 0 saturated heterocycles. The van der Waals surface area contributed by atoms with Gasteiger partial charge in [0.05, 0.1) is 0 Å². The van der Waals surface area contributed by atoms with E-state index in [4.69, 9.17) is 0 Å². The molecule has 23 heavy (non-hydrogen) atoms. The molecule has 0 unspecified atom stereocenters. The van der Waals surface area contributed by atoms with Gasteiger partial charge in [-0.25, -0.2) is 0 Å². The van der Waals surface area contributed by atoms with Gasteiger partial charge in [-0.3, -0.25) is 0 Å². The molecule has 0 atom stereocenters. The minimum absolute atomic E-state index is 1.11. The highest BCUT2D eigenvalue weighted by atomic mass is 79.9. The molecule has 0 spiro atoms. The maximum Gasteiger partial charge on any atom is 0.0355 e. The Hall–Kier alpha value is -1.42. The van der Waals surface area contributed by atoms with Crippen molar-refractivity contribution in [3.63, 3.8) is 0 Å². The molecule has 0 fully saturated rings. The number of fused-ring (bicyclic) bond motifs is 1. The minimum Gasteiger partial charge on any atom is -0.135 e. The Balaban J connectivity index is 1.84. The Morgan fingerprint density at radius 3 is 2.09 bits per heavy atom. The zero-order valence-corrected chi connectivity index (χ0v) is 16.1. The number of thiophene rings is 1. The maximum absolute atomic E-state index is 3.65. The molecular formula is C20H12Br2S. The van der Waals surface area contributed by atoms with E-state index in [0.29, 0.717) is 0 Å². The van der Waals surface area contributed by atoms with Crippen LogP contribution in [0.25, 0.3) is 31.7 Å². The Labute approximate surface area is 156 Å². The monoisotopic (exact) mass is 442 g/mol. The molecule has 0 amide bonds. The SMILES string of the molecule is Brc1ccc(-c2ccc(-c3ccc(Br)c4ccccc34)s2)cc1. The van der Waals surface area contributed by atoms with E-state index in [1.54, 1.807) is 0 Å². The Bertz CT molecular complexity index is 984. The molecule has 1 aromatic heterocycles. The number of hydrogen-bond acceptors (Lipinski definition) is 1. The molecule has 1 heterocycles. The second-order valence-electron chi connectivity index (χ2n) is 5.31. The zero-order valence-electron chi connectivity index (χ0n) is 12.1. The molecule has 0 aliphatic heterocycles. The van der Waals surface area contributed by atoms with Crippen LogP contribution >= 0.6 is 43.2 Å². The Kier molecular flexibility index (Phi) is 4.10. The Morgan fingerprint density at radius 1 is 0.609 bits per heavy atom. The molecule has 3 heteroatoms. The van der Waals surface area contributed by atoms with E-state index in [1.165, 1.54) is 31.7 Å². The predicted molar refractivity (Wildman–Crippen MR) is 108 cm³/mol. The number of halogens is 2. The van der Waals surface area contributed by atoms with Gasteiger partial charge in [0.25, 0.3) is 0 Å². The van der Waals surface area contributed by atoms with Crippen LogP contribution < -0.4 is 0 Å². The van der Waals surface area contributed by atoms with Crippen molar-refractivity contribution < 1.29 is 0 Å². The second kappa shape index (κ2) is 6.23. The van der Waals surface area contributed by atoms with E-state index in [1.807, 2.05) is 11.3 Å². The first-order valence-electron chi connectivity index (χ1n) is 7.26. The molecule has 0 aliphatic rings. The van der Waals surface area contributed by atoms with Crippen LogP contribution in [-0.2, 0) is 0 Å². The number of hydrogen-bond donors (Lipinski definition) is 0. The Morgan fingerprint density at radius 2 is 1.30 bits per heavy atom. The van der Waals surface area contributed by atoms with E-state index >= 15 is 0 Å². The summed E-state index contributed by atoms with van der Waals surface area (Å²) in [6, 6.07) is 25.8. The lowest BCUT2D eigenvalue weighted by Crippen LogP contribution is -1.79. The van der Waals surface area contributed by atoms with Crippen LogP contribution in [0.2, 0.25) is 0 Å². The van der Waals surface area contributed by atoms with Crippen LogP contribution in [0.5, 0.6) is 0 Å². The van der Waals surface area contributed by atoms with Crippen LogP contribution in [0.1, 0.15) is 0 Å². The molecule has 0 nitrogen and oxygen atoms in total. The fraction of sp³-hybridized carbons (Fsp3) is 0. The first-order valence-corrected chi connectivity index (χ1v) is 9.66. The van der Waals surface area contributed by atoms with Gasteiger partial charge in [-0.2, -0.15) is 0 Å². The van der Waals surface area contributed by atoms with E-state index < -0.39 is 0 Å². The molecule has 0 radical (unpaired) electrons. The van der Waals surface area contributed by atoms with Gasteiger partial charge >= 0.3 is 0 Å². The van der Waals surface area contributed by atoms with Crippen LogP contribution in [0.3, 0.4) is 0 Å². The molecule has 112 valence electrons. The highest BCUT2D eigenvalue weighted by Crippen LogP contribution is 2.39. The lowest BCUT2D eigenvalue weighted by molar-refractivity contribution is 1.65. The third kappa shape index (κ3) is 2.89. The van der Waals surface area contributed by atoms with Crippen LogP contribution in [0.15, 0.2) is 81.7 Å². The van der Waals surface area contributed by atoms with Crippen molar-refractivity contribution in [2.45, 2.75) is 0 Å². The number of benzene rings is 3. The number of rotatable bonds is 2. The average molecular weight is 444 g/mol. The summed E-state index contributed by atoms with van der Waals surface area (Å²) in [4.78, 5) is 2.59. The third-order valence-corrected chi connectivity index (χ3v) is 6.26. The highest BCUT2D eigenvalue weighted by molar-refractivity contribution is 9.11. The molecule has 3 aromatic carbocycles. The fourth-order valence-electron chi connectivity index (χ4n) is 2.73. The van der Waals surface area contributed by atoms with Crippen molar-refractivity contribution in [2.75, 3.05) is 0 Å². The summed E-state index contributed by atoms with van der Waals surface area (Å²) in [7, 11) is 0. The van der Waals surface area contributed by atoms with Crippen molar-refractivity contribution in [3.8, 4) is 20.9 Å². The van der Waals surface area contributed by atoms with Crippen LogP contribution in [0.4, 0.5) is 0 Å². The van der Waals surface area contributed by atoms with Gasteiger partial charge < -0.3 is 0 Å². The molecular weight excluding hydrogens is 432 g/mol. The van der Waals surface area contributed by atoms with E-state index in [-0.39, 0.29) is 0 Å². The van der Waals surface area contributed by atoms with Gasteiger partial charge in [0.15, 0.2) is 0 Å². The molecule has 0 aliphatic carbocycles. The van der Waals surface area contributed by atoms with Crippen molar-refractivity contribution in [1.82, 2.24) is 0 Å². The molecule has 0 N–H and O–H groups in total. The van der Waals surface area contributed by atoms with Gasteiger partial charge in [-0.1, -0.05) is 74.3 Å². The standard InChI is InChI=1S/C20H12Br2S/c21-14-7-5-13(6-8-14)19-11-12-20(23-19)17-9-10-18(22)16-4-2-1-3-15(16)17/h1-12H.